The number of para-hydroxylation sites is 1. The van der Waals surface area contributed by atoms with Crippen LogP contribution in [0.25, 0.3) is 16.7 Å². The van der Waals surface area contributed by atoms with Crippen molar-refractivity contribution < 1.29 is 14.7 Å². The van der Waals surface area contributed by atoms with E-state index in [2.05, 4.69) is 4.98 Å². The number of aliphatic hydroxyl groups excluding tert-OH is 1. The highest BCUT2D eigenvalue weighted by Gasteiger charge is 2.46. The number of aliphatic hydroxyl groups is 1. The topological polar surface area (TPSA) is 73.4 Å². The number of ketones is 1. The fourth-order valence-corrected chi connectivity index (χ4v) is 4.82. The van der Waals surface area contributed by atoms with E-state index in [1.54, 1.807) is 30.3 Å². The van der Waals surface area contributed by atoms with Crippen molar-refractivity contribution in [3.8, 4) is 0 Å². The summed E-state index contributed by atoms with van der Waals surface area (Å²) in [6.45, 7) is 2.24. The zero-order valence-corrected chi connectivity index (χ0v) is 19.3. The Bertz CT molecular complexity index is 1440. The van der Waals surface area contributed by atoms with Gasteiger partial charge in [0.25, 0.3) is 11.7 Å². The Morgan fingerprint density at radius 2 is 1.71 bits per heavy atom. The predicted molar refractivity (Wildman–Crippen MR) is 134 cm³/mol. The Morgan fingerprint density at radius 3 is 2.47 bits per heavy atom. The summed E-state index contributed by atoms with van der Waals surface area (Å²) < 4.78 is 0. The van der Waals surface area contributed by atoms with Gasteiger partial charge in [-0.3, -0.25) is 9.59 Å². The number of aromatic nitrogens is 1. The minimum Gasteiger partial charge on any atom is -0.507 e. The van der Waals surface area contributed by atoms with Gasteiger partial charge in [-0.05, 0) is 36.6 Å². The Hall–Kier alpha value is -3.83. The van der Waals surface area contributed by atoms with Crippen molar-refractivity contribution >= 4 is 40.0 Å². The minimum atomic E-state index is -0.778. The molecule has 4 aromatic rings. The average Bonchev–Trinajstić information content (AvgIpc) is 3.37. The lowest BCUT2D eigenvalue weighted by Gasteiger charge is -2.26. The van der Waals surface area contributed by atoms with E-state index < -0.39 is 17.7 Å². The molecule has 1 aromatic heterocycles. The van der Waals surface area contributed by atoms with Crippen LogP contribution in [-0.4, -0.2) is 33.2 Å². The van der Waals surface area contributed by atoms with Crippen molar-refractivity contribution in [3.63, 3.8) is 0 Å². The number of hydrogen-bond acceptors (Lipinski definition) is 3. The van der Waals surface area contributed by atoms with Gasteiger partial charge in [0.15, 0.2) is 0 Å². The van der Waals surface area contributed by atoms with Crippen molar-refractivity contribution in [1.82, 2.24) is 9.88 Å². The van der Waals surface area contributed by atoms with Crippen LogP contribution in [0, 0.1) is 6.92 Å². The van der Waals surface area contributed by atoms with Gasteiger partial charge < -0.3 is 15.0 Å². The quantitative estimate of drug-likeness (QED) is 0.220. The van der Waals surface area contributed by atoms with Gasteiger partial charge in [-0.15, -0.1) is 0 Å². The Balaban J connectivity index is 1.58. The third-order valence-electron chi connectivity index (χ3n) is 6.36. The molecule has 34 heavy (non-hydrogen) atoms. The number of aromatic amines is 1. The fourth-order valence-electron chi connectivity index (χ4n) is 4.58. The van der Waals surface area contributed by atoms with Crippen molar-refractivity contribution in [2.75, 3.05) is 6.54 Å². The zero-order chi connectivity index (χ0) is 23.8. The van der Waals surface area contributed by atoms with Crippen molar-refractivity contribution in [1.29, 1.82) is 0 Å². The molecule has 170 valence electrons. The van der Waals surface area contributed by atoms with Crippen molar-refractivity contribution in [2.24, 2.45) is 0 Å². The highest BCUT2D eigenvalue weighted by Crippen LogP contribution is 2.42. The van der Waals surface area contributed by atoms with E-state index in [-0.39, 0.29) is 11.3 Å². The molecule has 1 fully saturated rings. The second-order valence-corrected chi connectivity index (χ2v) is 8.90. The molecule has 0 spiro atoms. The van der Waals surface area contributed by atoms with Crippen LogP contribution in [0.4, 0.5) is 0 Å². The summed E-state index contributed by atoms with van der Waals surface area (Å²) in [6, 6.07) is 21.5. The summed E-state index contributed by atoms with van der Waals surface area (Å²) in [5.41, 5.74) is 4.24. The number of aryl methyl sites for hydroxylation is 1. The molecule has 1 aliphatic heterocycles. The lowest BCUT2D eigenvalue weighted by molar-refractivity contribution is -0.139. The molecule has 1 amide bonds. The van der Waals surface area contributed by atoms with Gasteiger partial charge in [0, 0.05) is 34.2 Å². The number of hydrogen-bond donors (Lipinski definition) is 2. The van der Waals surface area contributed by atoms with Crippen LogP contribution in [-0.2, 0) is 16.0 Å². The maximum Gasteiger partial charge on any atom is 0.295 e. The number of Topliss-reactive ketones (excluding diaryl/α,β-unsaturated/α-hetero) is 1. The normalized spacial score (nSPS) is 17.6. The van der Waals surface area contributed by atoms with Crippen molar-refractivity contribution in [2.45, 2.75) is 19.4 Å². The summed E-state index contributed by atoms with van der Waals surface area (Å²) in [5, 5.41) is 12.7. The number of fused-ring (bicyclic) bond motifs is 1. The third-order valence-corrected chi connectivity index (χ3v) is 6.71. The number of H-pyrrole nitrogens is 1. The van der Waals surface area contributed by atoms with Crippen LogP contribution in [0.3, 0.4) is 0 Å². The number of likely N-dealkylation sites (tertiary alicyclic amines) is 1. The molecule has 0 saturated carbocycles. The first-order valence-corrected chi connectivity index (χ1v) is 11.5. The van der Waals surface area contributed by atoms with Gasteiger partial charge >= 0.3 is 0 Å². The summed E-state index contributed by atoms with van der Waals surface area (Å²) in [5.74, 6) is -1.54. The van der Waals surface area contributed by atoms with Crippen LogP contribution >= 0.6 is 11.6 Å². The smallest absolute Gasteiger partial charge is 0.295 e. The second-order valence-electron chi connectivity index (χ2n) is 8.49. The van der Waals surface area contributed by atoms with E-state index in [4.69, 9.17) is 11.6 Å². The SMILES string of the molecule is Cc1ccc(/C(O)=C2\C(=O)C(=O)N(CCc3c[nH]c4ccccc34)C2c2ccccc2Cl)cc1. The van der Waals surface area contributed by atoms with Gasteiger partial charge in [0.2, 0.25) is 0 Å². The largest absolute Gasteiger partial charge is 0.507 e. The number of amides is 1. The molecule has 0 radical (unpaired) electrons. The monoisotopic (exact) mass is 470 g/mol. The third kappa shape index (κ3) is 3.78. The van der Waals surface area contributed by atoms with E-state index in [1.165, 1.54) is 4.90 Å². The average molecular weight is 471 g/mol. The molecule has 5 rings (SSSR count). The summed E-state index contributed by atoms with van der Waals surface area (Å²) in [4.78, 5) is 31.2. The standard InChI is InChI=1S/C28H23ClN2O3/c1-17-10-12-18(13-11-17)26(32)24-25(21-7-2-4-8-22(21)29)31(28(34)27(24)33)15-14-19-16-30-23-9-5-3-6-20(19)23/h2-13,16,25,30,32H,14-15H2,1H3/b26-24+. The molecule has 1 aliphatic rings. The number of nitrogens with zero attached hydrogens (tertiary/aromatic N) is 1. The molecular weight excluding hydrogens is 448 g/mol. The molecule has 0 aliphatic carbocycles. The summed E-state index contributed by atoms with van der Waals surface area (Å²) >= 11 is 6.52. The molecule has 6 heteroatoms. The van der Waals surface area contributed by atoms with Gasteiger partial charge in [0.05, 0.1) is 11.6 Å². The van der Waals surface area contributed by atoms with Crippen LogP contribution in [0.15, 0.2) is 84.6 Å². The molecule has 0 bridgehead atoms. The highest BCUT2D eigenvalue weighted by molar-refractivity contribution is 6.47. The summed E-state index contributed by atoms with van der Waals surface area (Å²) in [6.07, 6.45) is 2.47. The number of benzene rings is 3. The van der Waals surface area contributed by atoms with Gasteiger partial charge in [-0.25, -0.2) is 0 Å². The second kappa shape index (κ2) is 8.84. The van der Waals surface area contributed by atoms with Gasteiger partial charge in [-0.2, -0.15) is 0 Å². The number of carbonyl (C=O) groups excluding carboxylic acids is 2. The summed E-state index contributed by atoms with van der Waals surface area (Å²) in [7, 11) is 0. The zero-order valence-electron chi connectivity index (χ0n) is 18.6. The minimum absolute atomic E-state index is 0.0564. The first kappa shape index (κ1) is 22.0. The van der Waals surface area contributed by atoms with E-state index >= 15 is 0 Å². The number of rotatable bonds is 5. The van der Waals surface area contributed by atoms with Crippen LogP contribution in [0.5, 0.6) is 0 Å². The molecule has 1 saturated heterocycles. The lowest BCUT2D eigenvalue weighted by Crippen LogP contribution is -2.31. The number of nitrogens with one attached hydrogen (secondary N) is 1. The fraction of sp³-hybridized carbons (Fsp3) is 0.143. The predicted octanol–water partition coefficient (Wildman–Crippen LogP) is 5.79. The van der Waals surface area contributed by atoms with E-state index in [0.29, 0.717) is 29.1 Å². The van der Waals surface area contributed by atoms with Crippen LogP contribution in [0.2, 0.25) is 5.02 Å². The lowest BCUT2D eigenvalue weighted by atomic mass is 9.95. The van der Waals surface area contributed by atoms with E-state index in [1.807, 2.05) is 55.6 Å². The molecule has 3 aromatic carbocycles. The van der Waals surface area contributed by atoms with Crippen LogP contribution < -0.4 is 0 Å². The first-order chi connectivity index (χ1) is 16.5. The maximum absolute atomic E-state index is 13.2. The maximum atomic E-state index is 13.2. The van der Waals surface area contributed by atoms with Crippen LogP contribution in [0.1, 0.15) is 28.3 Å². The molecule has 2 N–H and O–H groups in total. The molecular formula is C28H23ClN2O3. The highest BCUT2D eigenvalue weighted by atomic mass is 35.5. The number of carbonyl (C=O) groups is 2. The molecule has 2 heterocycles. The molecule has 1 unspecified atom stereocenters. The van der Waals surface area contributed by atoms with E-state index in [0.717, 1.165) is 22.0 Å². The Labute approximate surface area is 202 Å². The Morgan fingerprint density at radius 1 is 1.00 bits per heavy atom. The first-order valence-electron chi connectivity index (χ1n) is 11.1. The number of halogens is 1. The Kier molecular flexibility index (Phi) is 5.72. The molecule has 5 nitrogen and oxygen atoms in total. The van der Waals surface area contributed by atoms with E-state index in [9.17, 15) is 14.7 Å². The molecule has 1 atom stereocenters. The van der Waals surface area contributed by atoms with Gasteiger partial charge in [0.1, 0.15) is 5.76 Å². The van der Waals surface area contributed by atoms with Crippen molar-refractivity contribution in [3.05, 3.63) is 112 Å². The van der Waals surface area contributed by atoms with Gasteiger partial charge in [-0.1, -0.05) is 77.8 Å².